The summed E-state index contributed by atoms with van der Waals surface area (Å²) < 4.78 is 0. The first-order chi connectivity index (χ1) is 11.5. The first kappa shape index (κ1) is 18.7. The number of likely N-dealkylation sites (tertiary alicyclic amines) is 1. The lowest BCUT2D eigenvalue weighted by Crippen LogP contribution is -2.44. The van der Waals surface area contributed by atoms with Crippen molar-refractivity contribution in [1.82, 2.24) is 9.80 Å². The van der Waals surface area contributed by atoms with E-state index in [9.17, 15) is 14.9 Å². The Morgan fingerprint density at radius 2 is 2.12 bits per heavy atom. The van der Waals surface area contributed by atoms with Gasteiger partial charge in [-0.15, -0.1) is 0 Å². The highest BCUT2D eigenvalue weighted by Gasteiger charge is 2.28. The number of rotatable bonds is 6. The van der Waals surface area contributed by atoms with Crippen LogP contribution < -0.4 is 0 Å². The molecule has 0 aliphatic carbocycles. The van der Waals surface area contributed by atoms with E-state index in [1.165, 1.54) is 6.07 Å². The fourth-order valence-electron chi connectivity index (χ4n) is 3.25. The van der Waals surface area contributed by atoms with E-state index in [0.29, 0.717) is 13.1 Å². The topological polar surface area (TPSA) is 66.7 Å². The van der Waals surface area contributed by atoms with Crippen molar-refractivity contribution in [2.75, 3.05) is 26.2 Å². The lowest BCUT2D eigenvalue weighted by atomic mass is 9.96. The molecule has 1 aromatic carbocycles. The summed E-state index contributed by atoms with van der Waals surface area (Å²) in [5, 5.41) is 11.2. The van der Waals surface area contributed by atoms with Crippen molar-refractivity contribution in [2.24, 2.45) is 5.92 Å². The second-order valence-corrected chi connectivity index (χ2v) is 6.53. The van der Waals surface area contributed by atoms with Crippen LogP contribution in [-0.4, -0.2) is 46.8 Å². The quantitative estimate of drug-likeness (QED) is 0.581. The molecule has 0 radical (unpaired) electrons. The van der Waals surface area contributed by atoms with E-state index in [1.54, 1.807) is 6.07 Å². The first-order valence-electron chi connectivity index (χ1n) is 8.40. The van der Waals surface area contributed by atoms with Crippen LogP contribution in [0.25, 0.3) is 0 Å². The van der Waals surface area contributed by atoms with Gasteiger partial charge in [0.05, 0.1) is 10.8 Å². The summed E-state index contributed by atoms with van der Waals surface area (Å²) in [5.74, 6) is 0.229. The maximum atomic E-state index is 12.5. The number of nitro groups is 1. The molecule has 1 fully saturated rings. The Morgan fingerprint density at radius 1 is 1.42 bits per heavy atom. The molecule has 0 N–H and O–H groups in total. The van der Waals surface area contributed by atoms with Gasteiger partial charge in [0.2, 0.25) is 5.91 Å². The monoisotopic (exact) mass is 353 g/mol. The van der Waals surface area contributed by atoms with Crippen molar-refractivity contribution in [3.05, 3.63) is 38.9 Å². The number of carbonyl (C=O) groups excluding carboxylic acids is 1. The van der Waals surface area contributed by atoms with Crippen LogP contribution in [0.1, 0.15) is 32.3 Å². The summed E-state index contributed by atoms with van der Waals surface area (Å²) in [4.78, 5) is 27.2. The third-order valence-corrected chi connectivity index (χ3v) is 4.86. The number of piperidine rings is 1. The molecule has 1 atom stereocenters. The molecule has 0 spiro atoms. The molecular weight excluding hydrogens is 330 g/mol. The second-order valence-electron chi connectivity index (χ2n) is 6.13. The van der Waals surface area contributed by atoms with Crippen molar-refractivity contribution in [3.8, 4) is 0 Å². The van der Waals surface area contributed by atoms with Crippen molar-refractivity contribution in [1.29, 1.82) is 0 Å². The number of nitro benzene ring substituents is 1. The van der Waals surface area contributed by atoms with Gasteiger partial charge in [-0.1, -0.05) is 17.7 Å². The minimum Gasteiger partial charge on any atom is -0.343 e. The number of benzene rings is 1. The van der Waals surface area contributed by atoms with Crippen LogP contribution in [0.5, 0.6) is 0 Å². The standard InChI is InChI=1S/C17H24ClN3O3/c1-3-20(4-2)17(22)14-6-5-9-19(12-14)11-13-7-8-15(18)16(10-13)21(23)24/h7-8,10,14H,3-6,9,11-12H2,1-2H3/t14-/m1/s1. The van der Waals surface area contributed by atoms with Crippen LogP contribution in [0.4, 0.5) is 5.69 Å². The minimum atomic E-state index is -0.464. The average Bonchev–Trinajstić information content (AvgIpc) is 2.57. The average molecular weight is 354 g/mol. The number of halogens is 1. The zero-order valence-electron chi connectivity index (χ0n) is 14.2. The van der Waals surface area contributed by atoms with Crippen LogP contribution >= 0.6 is 11.6 Å². The van der Waals surface area contributed by atoms with E-state index in [1.807, 2.05) is 24.8 Å². The number of hydrogen-bond acceptors (Lipinski definition) is 4. The van der Waals surface area contributed by atoms with E-state index in [-0.39, 0.29) is 22.5 Å². The fourth-order valence-corrected chi connectivity index (χ4v) is 3.44. The first-order valence-corrected chi connectivity index (χ1v) is 8.78. The molecule has 0 aromatic heterocycles. The van der Waals surface area contributed by atoms with Crippen LogP contribution in [0.2, 0.25) is 5.02 Å². The molecule has 1 saturated heterocycles. The Hall–Kier alpha value is -1.66. The highest BCUT2D eigenvalue weighted by Crippen LogP contribution is 2.27. The Morgan fingerprint density at radius 3 is 2.75 bits per heavy atom. The zero-order chi connectivity index (χ0) is 17.7. The molecule has 0 unspecified atom stereocenters. The predicted octanol–water partition coefficient (Wildman–Crippen LogP) is 3.33. The van der Waals surface area contributed by atoms with Gasteiger partial charge in [0.15, 0.2) is 0 Å². The van der Waals surface area contributed by atoms with E-state index in [0.717, 1.165) is 38.0 Å². The number of hydrogen-bond donors (Lipinski definition) is 0. The van der Waals surface area contributed by atoms with Gasteiger partial charge in [-0.3, -0.25) is 19.8 Å². The smallest absolute Gasteiger partial charge is 0.288 e. The lowest BCUT2D eigenvalue weighted by molar-refractivity contribution is -0.384. The largest absolute Gasteiger partial charge is 0.343 e. The molecule has 1 aromatic rings. The Bertz CT molecular complexity index is 605. The predicted molar refractivity (Wildman–Crippen MR) is 94.0 cm³/mol. The molecular formula is C17H24ClN3O3. The van der Waals surface area contributed by atoms with Gasteiger partial charge in [0.1, 0.15) is 5.02 Å². The third-order valence-electron chi connectivity index (χ3n) is 4.54. The van der Waals surface area contributed by atoms with Gasteiger partial charge in [0.25, 0.3) is 5.69 Å². The van der Waals surface area contributed by atoms with Crippen molar-refractivity contribution >= 4 is 23.2 Å². The summed E-state index contributed by atoms with van der Waals surface area (Å²) in [6.45, 7) is 7.65. The summed E-state index contributed by atoms with van der Waals surface area (Å²) in [7, 11) is 0. The number of amides is 1. The Labute approximate surface area is 147 Å². The maximum Gasteiger partial charge on any atom is 0.288 e. The van der Waals surface area contributed by atoms with Crippen LogP contribution in [-0.2, 0) is 11.3 Å². The normalized spacial score (nSPS) is 18.4. The summed E-state index contributed by atoms with van der Waals surface area (Å²) in [6.07, 6.45) is 1.87. The van der Waals surface area contributed by atoms with Gasteiger partial charge >= 0.3 is 0 Å². The third kappa shape index (κ3) is 4.45. The van der Waals surface area contributed by atoms with E-state index >= 15 is 0 Å². The highest BCUT2D eigenvalue weighted by molar-refractivity contribution is 6.32. The highest BCUT2D eigenvalue weighted by atomic mass is 35.5. The second kappa shape index (κ2) is 8.44. The van der Waals surface area contributed by atoms with E-state index in [2.05, 4.69) is 4.90 Å². The zero-order valence-corrected chi connectivity index (χ0v) is 15.0. The molecule has 0 bridgehead atoms. The molecule has 24 heavy (non-hydrogen) atoms. The molecule has 1 heterocycles. The molecule has 0 saturated carbocycles. The Kier molecular flexibility index (Phi) is 6.57. The van der Waals surface area contributed by atoms with Gasteiger partial charge in [0, 0.05) is 32.2 Å². The number of nitrogens with zero attached hydrogens (tertiary/aromatic N) is 3. The lowest BCUT2D eigenvalue weighted by Gasteiger charge is -2.34. The molecule has 2 rings (SSSR count). The van der Waals surface area contributed by atoms with Crippen LogP contribution in [0, 0.1) is 16.0 Å². The SMILES string of the molecule is CCN(CC)C(=O)[C@@H]1CCCN(Cc2ccc(Cl)c([N+](=O)[O-])c2)C1. The molecule has 1 aliphatic rings. The fraction of sp³-hybridized carbons (Fsp3) is 0.588. The van der Waals surface area contributed by atoms with Crippen molar-refractivity contribution in [2.45, 2.75) is 33.2 Å². The molecule has 132 valence electrons. The van der Waals surface area contributed by atoms with Crippen LogP contribution in [0.15, 0.2) is 18.2 Å². The van der Waals surface area contributed by atoms with Crippen molar-refractivity contribution < 1.29 is 9.72 Å². The van der Waals surface area contributed by atoms with E-state index < -0.39 is 4.92 Å². The molecule has 1 aliphatic heterocycles. The maximum absolute atomic E-state index is 12.5. The molecule has 1 amide bonds. The van der Waals surface area contributed by atoms with Gasteiger partial charge in [-0.25, -0.2) is 0 Å². The van der Waals surface area contributed by atoms with Gasteiger partial charge in [-0.2, -0.15) is 0 Å². The van der Waals surface area contributed by atoms with Gasteiger partial charge < -0.3 is 4.90 Å². The molecule has 7 heteroatoms. The van der Waals surface area contributed by atoms with Crippen molar-refractivity contribution in [3.63, 3.8) is 0 Å². The summed E-state index contributed by atoms with van der Waals surface area (Å²) >= 11 is 5.86. The number of carbonyl (C=O) groups is 1. The molecule has 6 nitrogen and oxygen atoms in total. The van der Waals surface area contributed by atoms with E-state index in [4.69, 9.17) is 11.6 Å². The van der Waals surface area contributed by atoms with Crippen LogP contribution in [0.3, 0.4) is 0 Å². The van der Waals surface area contributed by atoms with Gasteiger partial charge in [-0.05, 0) is 44.9 Å². The Balaban J connectivity index is 2.04. The minimum absolute atomic E-state index is 0.0148. The summed E-state index contributed by atoms with van der Waals surface area (Å²) in [5.41, 5.74) is 0.781. The summed E-state index contributed by atoms with van der Waals surface area (Å²) in [6, 6.07) is 4.90.